The van der Waals surface area contributed by atoms with Crippen LogP contribution in [0.25, 0.3) is 0 Å². The van der Waals surface area contributed by atoms with Crippen LogP contribution < -0.4 is 10.6 Å². The Morgan fingerprint density at radius 3 is 2.21 bits per heavy atom. The van der Waals surface area contributed by atoms with Crippen molar-refractivity contribution >= 4 is 23.4 Å². The minimum Gasteiger partial charge on any atom is -0.346 e. The molecule has 2 aromatic rings. The summed E-state index contributed by atoms with van der Waals surface area (Å²) in [4.78, 5) is 39.6. The number of piperazine rings is 1. The molecule has 1 saturated heterocycles. The summed E-state index contributed by atoms with van der Waals surface area (Å²) in [6, 6.07) is 7.41. The van der Waals surface area contributed by atoms with Crippen LogP contribution in [0.5, 0.6) is 0 Å². The smallest absolute Gasteiger partial charge is 0.346 e. The van der Waals surface area contributed by atoms with Gasteiger partial charge in [-0.25, -0.2) is 8.78 Å². The molecule has 34 heavy (non-hydrogen) atoms. The molecule has 182 valence electrons. The van der Waals surface area contributed by atoms with Crippen molar-refractivity contribution in [2.75, 3.05) is 44.6 Å². The predicted octanol–water partition coefficient (Wildman–Crippen LogP) is 2.50. The van der Waals surface area contributed by atoms with E-state index >= 15 is 0 Å². The second-order valence-electron chi connectivity index (χ2n) is 7.57. The number of hydrogen-bond donors (Lipinski definition) is 2. The van der Waals surface area contributed by atoms with E-state index in [4.69, 9.17) is 0 Å². The normalized spacial score (nSPS) is 14.6. The molecular formula is C22H21F5N4O3. The first-order chi connectivity index (χ1) is 16.0. The zero-order valence-corrected chi connectivity index (χ0v) is 17.8. The first-order valence-corrected chi connectivity index (χ1v) is 10.2. The quantitative estimate of drug-likeness (QED) is 0.618. The maximum Gasteiger partial charge on any atom is 0.417 e. The van der Waals surface area contributed by atoms with Crippen LogP contribution in [0, 0.1) is 11.6 Å². The van der Waals surface area contributed by atoms with Crippen molar-refractivity contribution in [3.63, 3.8) is 0 Å². The number of halogens is 5. The zero-order chi connectivity index (χ0) is 24.9. The number of nitrogens with one attached hydrogen (secondary N) is 2. The van der Waals surface area contributed by atoms with E-state index in [1.165, 1.54) is 23.1 Å². The number of hydrogen-bond acceptors (Lipinski definition) is 4. The molecule has 0 bridgehead atoms. The van der Waals surface area contributed by atoms with E-state index in [-0.39, 0.29) is 38.4 Å². The van der Waals surface area contributed by atoms with E-state index in [0.29, 0.717) is 0 Å². The Balaban J connectivity index is 1.44. The van der Waals surface area contributed by atoms with Crippen LogP contribution in [-0.2, 0) is 15.8 Å². The minimum absolute atomic E-state index is 0.0334. The van der Waals surface area contributed by atoms with Gasteiger partial charge >= 0.3 is 6.18 Å². The lowest BCUT2D eigenvalue weighted by atomic mass is 10.1. The number of nitrogens with zero attached hydrogens (tertiary/aromatic N) is 2. The third-order valence-electron chi connectivity index (χ3n) is 5.14. The molecule has 2 aromatic carbocycles. The van der Waals surface area contributed by atoms with Gasteiger partial charge in [-0.05, 0) is 24.3 Å². The van der Waals surface area contributed by atoms with Crippen LogP contribution in [0.3, 0.4) is 0 Å². The Labute approximate surface area is 191 Å². The highest BCUT2D eigenvalue weighted by atomic mass is 19.4. The topological polar surface area (TPSA) is 81.8 Å². The van der Waals surface area contributed by atoms with Crippen molar-refractivity contribution in [3.05, 3.63) is 65.2 Å². The monoisotopic (exact) mass is 484 g/mol. The average Bonchev–Trinajstić information content (AvgIpc) is 2.79. The lowest BCUT2D eigenvalue weighted by Gasteiger charge is -2.34. The van der Waals surface area contributed by atoms with E-state index < -0.39 is 53.2 Å². The molecule has 0 radical (unpaired) electrons. The zero-order valence-electron chi connectivity index (χ0n) is 17.8. The summed E-state index contributed by atoms with van der Waals surface area (Å²) in [6.45, 7) is 0.302. The molecule has 2 N–H and O–H groups in total. The molecule has 3 rings (SSSR count). The molecule has 1 heterocycles. The van der Waals surface area contributed by atoms with Gasteiger partial charge in [0.25, 0.3) is 5.91 Å². The van der Waals surface area contributed by atoms with Gasteiger partial charge in [0.15, 0.2) is 11.6 Å². The highest BCUT2D eigenvalue weighted by Crippen LogP contribution is 2.32. The van der Waals surface area contributed by atoms with Crippen LogP contribution in [0.1, 0.15) is 15.9 Å². The Morgan fingerprint density at radius 1 is 0.882 bits per heavy atom. The number of alkyl halides is 3. The third kappa shape index (κ3) is 6.50. The summed E-state index contributed by atoms with van der Waals surface area (Å²) in [5.74, 6) is -4.04. The summed E-state index contributed by atoms with van der Waals surface area (Å²) >= 11 is 0. The number of carbonyl (C=O) groups is 3. The molecular weight excluding hydrogens is 463 g/mol. The molecule has 0 saturated carbocycles. The minimum atomic E-state index is -4.65. The van der Waals surface area contributed by atoms with Gasteiger partial charge in [0, 0.05) is 37.9 Å². The van der Waals surface area contributed by atoms with Gasteiger partial charge in [-0.15, -0.1) is 0 Å². The summed E-state index contributed by atoms with van der Waals surface area (Å²) < 4.78 is 65.6. The van der Waals surface area contributed by atoms with Crippen molar-refractivity contribution < 1.29 is 36.3 Å². The van der Waals surface area contributed by atoms with Crippen molar-refractivity contribution in [1.29, 1.82) is 0 Å². The maximum absolute atomic E-state index is 13.2. The molecule has 3 amide bonds. The fourth-order valence-electron chi connectivity index (χ4n) is 3.41. The van der Waals surface area contributed by atoms with Gasteiger partial charge in [0.2, 0.25) is 11.8 Å². The lowest BCUT2D eigenvalue weighted by molar-refractivity contribution is -0.138. The average molecular weight is 484 g/mol. The second kappa shape index (κ2) is 10.6. The SMILES string of the molecule is O=C(CN1CCN(C(=O)c2ccccc2C(F)(F)F)CC1)NCC(=O)Nc1ccc(F)c(F)c1. The van der Waals surface area contributed by atoms with Crippen LogP contribution in [0.4, 0.5) is 27.6 Å². The van der Waals surface area contributed by atoms with Crippen molar-refractivity contribution in [2.45, 2.75) is 6.18 Å². The van der Waals surface area contributed by atoms with Gasteiger partial charge in [-0.3, -0.25) is 19.3 Å². The number of amides is 3. The second-order valence-corrected chi connectivity index (χ2v) is 7.57. The number of carbonyl (C=O) groups excluding carboxylic acids is 3. The summed E-state index contributed by atoms with van der Waals surface area (Å²) in [5.41, 5.74) is -1.39. The summed E-state index contributed by atoms with van der Waals surface area (Å²) in [5, 5.41) is 4.71. The van der Waals surface area contributed by atoms with Gasteiger partial charge in [-0.2, -0.15) is 13.2 Å². The maximum atomic E-state index is 13.2. The van der Waals surface area contributed by atoms with Crippen molar-refractivity contribution in [2.24, 2.45) is 0 Å². The molecule has 1 aliphatic rings. The van der Waals surface area contributed by atoms with Gasteiger partial charge in [0.1, 0.15) is 0 Å². The van der Waals surface area contributed by atoms with Gasteiger partial charge in [0.05, 0.1) is 24.2 Å². The first-order valence-electron chi connectivity index (χ1n) is 10.2. The Kier molecular flexibility index (Phi) is 7.82. The van der Waals surface area contributed by atoms with Crippen LogP contribution in [-0.4, -0.2) is 66.8 Å². The highest BCUT2D eigenvalue weighted by Gasteiger charge is 2.36. The van der Waals surface area contributed by atoms with Gasteiger partial charge < -0.3 is 15.5 Å². The first kappa shape index (κ1) is 25.1. The van der Waals surface area contributed by atoms with Crippen LogP contribution in [0.2, 0.25) is 0 Å². The number of rotatable bonds is 6. The van der Waals surface area contributed by atoms with E-state index in [1.807, 2.05) is 0 Å². The molecule has 7 nitrogen and oxygen atoms in total. The van der Waals surface area contributed by atoms with E-state index in [9.17, 15) is 36.3 Å². The number of benzene rings is 2. The van der Waals surface area contributed by atoms with Crippen molar-refractivity contribution in [3.8, 4) is 0 Å². The highest BCUT2D eigenvalue weighted by molar-refractivity contribution is 5.96. The fourth-order valence-corrected chi connectivity index (χ4v) is 3.41. The van der Waals surface area contributed by atoms with Crippen LogP contribution >= 0.6 is 0 Å². The molecule has 0 unspecified atom stereocenters. The summed E-state index contributed by atoms with van der Waals surface area (Å²) in [6.07, 6.45) is -4.65. The molecule has 0 spiro atoms. The Hall–Kier alpha value is -3.54. The molecule has 0 aromatic heterocycles. The molecule has 1 aliphatic heterocycles. The largest absolute Gasteiger partial charge is 0.417 e. The Bertz CT molecular complexity index is 1070. The van der Waals surface area contributed by atoms with Crippen LogP contribution in [0.15, 0.2) is 42.5 Å². The molecule has 12 heteroatoms. The van der Waals surface area contributed by atoms with Gasteiger partial charge in [-0.1, -0.05) is 12.1 Å². The predicted molar refractivity (Wildman–Crippen MR) is 112 cm³/mol. The Morgan fingerprint density at radius 2 is 1.56 bits per heavy atom. The third-order valence-corrected chi connectivity index (χ3v) is 5.14. The lowest BCUT2D eigenvalue weighted by Crippen LogP contribution is -2.51. The molecule has 0 aliphatic carbocycles. The summed E-state index contributed by atoms with van der Waals surface area (Å²) in [7, 11) is 0. The van der Waals surface area contributed by atoms with E-state index in [2.05, 4.69) is 10.6 Å². The van der Waals surface area contributed by atoms with Crippen molar-refractivity contribution in [1.82, 2.24) is 15.1 Å². The fraction of sp³-hybridized carbons (Fsp3) is 0.318. The van der Waals surface area contributed by atoms with E-state index in [0.717, 1.165) is 24.3 Å². The number of anilines is 1. The standard InChI is InChI=1S/C22H21F5N4O3/c23-17-6-5-14(11-18(17)24)29-19(32)12-28-20(33)13-30-7-9-31(10-8-30)21(34)15-3-1-2-4-16(15)22(25,26)27/h1-6,11H,7-10,12-13H2,(H,28,33)(H,29,32). The van der Waals surface area contributed by atoms with E-state index in [1.54, 1.807) is 4.90 Å². The molecule has 1 fully saturated rings. The molecule has 0 atom stereocenters.